The molecule has 6 nitrogen and oxygen atoms in total. The summed E-state index contributed by atoms with van der Waals surface area (Å²) >= 11 is 0. The first-order valence-corrected chi connectivity index (χ1v) is 6.51. The number of para-hydroxylation sites is 1. The number of anilines is 1. The number of nitro benzene ring substituents is 1. The Balaban J connectivity index is 2.08. The first-order valence-electron chi connectivity index (χ1n) is 6.51. The molecule has 1 aliphatic rings. The lowest BCUT2D eigenvalue weighted by molar-refractivity contribution is -0.384. The predicted octanol–water partition coefficient (Wildman–Crippen LogP) is 2.16. The molecule has 0 saturated carbocycles. The van der Waals surface area contributed by atoms with Crippen LogP contribution in [0.2, 0.25) is 0 Å². The summed E-state index contributed by atoms with van der Waals surface area (Å²) in [5, 5.41) is 17.7. The van der Waals surface area contributed by atoms with E-state index in [9.17, 15) is 10.1 Å². The van der Waals surface area contributed by atoms with Crippen LogP contribution < -0.4 is 15.4 Å². The van der Waals surface area contributed by atoms with Gasteiger partial charge in [0.1, 0.15) is 5.69 Å². The summed E-state index contributed by atoms with van der Waals surface area (Å²) in [6.07, 6.45) is 3.51. The zero-order chi connectivity index (χ0) is 13.7. The maximum atomic E-state index is 11.1. The largest absolute Gasteiger partial charge is 0.490 e. The maximum Gasteiger partial charge on any atom is 0.333 e. The zero-order valence-corrected chi connectivity index (χ0v) is 11.0. The lowest BCUT2D eigenvalue weighted by Crippen LogP contribution is -2.39. The van der Waals surface area contributed by atoms with Crippen molar-refractivity contribution in [1.82, 2.24) is 5.32 Å². The molecule has 1 aromatic rings. The molecule has 2 rings (SSSR count). The standard InChI is InChI=1S/C13H19N3O3/c1-19-12-7-4-6-11(13(12)16(17)18)15-9-10-5-2-3-8-14-10/h4,6-7,10,14-15H,2-3,5,8-9H2,1H3. The van der Waals surface area contributed by atoms with E-state index in [-0.39, 0.29) is 11.4 Å². The van der Waals surface area contributed by atoms with Gasteiger partial charge < -0.3 is 15.4 Å². The van der Waals surface area contributed by atoms with Crippen LogP contribution in [0, 0.1) is 10.1 Å². The summed E-state index contributed by atoms with van der Waals surface area (Å²) in [4.78, 5) is 10.7. The summed E-state index contributed by atoms with van der Waals surface area (Å²) < 4.78 is 5.04. The third kappa shape index (κ3) is 3.35. The normalized spacial score (nSPS) is 18.9. The number of hydrogen-bond donors (Lipinski definition) is 2. The molecule has 1 saturated heterocycles. The molecule has 1 heterocycles. The van der Waals surface area contributed by atoms with Crippen LogP contribution in [-0.4, -0.2) is 31.2 Å². The second kappa shape index (κ2) is 6.38. The highest BCUT2D eigenvalue weighted by atomic mass is 16.6. The van der Waals surface area contributed by atoms with Crippen LogP contribution >= 0.6 is 0 Å². The van der Waals surface area contributed by atoms with E-state index in [0.717, 1.165) is 13.0 Å². The van der Waals surface area contributed by atoms with Gasteiger partial charge in [-0.15, -0.1) is 0 Å². The van der Waals surface area contributed by atoms with Crippen LogP contribution in [-0.2, 0) is 0 Å². The van der Waals surface area contributed by atoms with Crippen molar-refractivity contribution in [1.29, 1.82) is 0 Å². The SMILES string of the molecule is COc1cccc(NCC2CCCCN2)c1[N+](=O)[O-]. The minimum Gasteiger partial charge on any atom is -0.490 e. The average Bonchev–Trinajstić information content (AvgIpc) is 2.45. The Morgan fingerprint density at radius 1 is 1.53 bits per heavy atom. The molecule has 1 aromatic carbocycles. The maximum absolute atomic E-state index is 11.1. The van der Waals surface area contributed by atoms with Crippen molar-refractivity contribution in [2.24, 2.45) is 0 Å². The lowest BCUT2D eigenvalue weighted by Gasteiger charge is -2.24. The van der Waals surface area contributed by atoms with E-state index in [2.05, 4.69) is 10.6 Å². The highest BCUT2D eigenvalue weighted by Crippen LogP contribution is 2.34. The van der Waals surface area contributed by atoms with Crippen LogP contribution in [0.4, 0.5) is 11.4 Å². The molecule has 0 aliphatic carbocycles. The second-order valence-electron chi connectivity index (χ2n) is 4.64. The van der Waals surface area contributed by atoms with E-state index in [1.165, 1.54) is 20.0 Å². The van der Waals surface area contributed by atoms with Crippen molar-refractivity contribution in [3.8, 4) is 5.75 Å². The van der Waals surface area contributed by atoms with Crippen molar-refractivity contribution in [3.63, 3.8) is 0 Å². The highest BCUT2D eigenvalue weighted by molar-refractivity contribution is 5.68. The number of benzene rings is 1. The average molecular weight is 265 g/mol. The molecule has 2 N–H and O–H groups in total. The molecule has 19 heavy (non-hydrogen) atoms. The third-order valence-corrected chi connectivity index (χ3v) is 3.35. The topological polar surface area (TPSA) is 76.4 Å². The second-order valence-corrected chi connectivity index (χ2v) is 4.64. The van der Waals surface area contributed by atoms with Crippen molar-refractivity contribution < 1.29 is 9.66 Å². The van der Waals surface area contributed by atoms with E-state index in [0.29, 0.717) is 18.3 Å². The molecular weight excluding hydrogens is 246 g/mol. The number of nitro groups is 1. The summed E-state index contributed by atoms with van der Waals surface area (Å²) in [6.45, 7) is 1.71. The third-order valence-electron chi connectivity index (χ3n) is 3.35. The summed E-state index contributed by atoms with van der Waals surface area (Å²) in [6, 6.07) is 5.44. The van der Waals surface area contributed by atoms with E-state index in [4.69, 9.17) is 4.74 Å². The molecule has 1 aliphatic heterocycles. The molecule has 1 fully saturated rings. The highest BCUT2D eigenvalue weighted by Gasteiger charge is 2.21. The number of rotatable bonds is 5. The summed E-state index contributed by atoms with van der Waals surface area (Å²) in [7, 11) is 1.44. The fourth-order valence-electron chi connectivity index (χ4n) is 2.35. The van der Waals surface area contributed by atoms with Gasteiger partial charge in [-0.05, 0) is 31.5 Å². The monoisotopic (exact) mass is 265 g/mol. The van der Waals surface area contributed by atoms with Crippen molar-refractivity contribution in [2.45, 2.75) is 25.3 Å². The fraction of sp³-hybridized carbons (Fsp3) is 0.538. The molecular formula is C13H19N3O3. The molecule has 1 unspecified atom stereocenters. The van der Waals surface area contributed by atoms with Gasteiger partial charge in [-0.25, -0.2) is 0 Å². The zero-order valence-electron chi connectivity index (χ0n) is 11.0. The predicted molar refractivity (Wildman–Crippen MR) is 73.8 cm³/mol. The molecule has 0 radical (unpaired) electrons. The van der Waals surface area contributed by atoms with Gasteiger partial charge in [0.25, 0.3) is 0 Å². The van der Waals surface area contributed by atoms with Gasteiger partial charge in [0.15, 0.2) is 5.75 Å². The molecule has 0 amide bonds. The van der Waals surface area contributed by atoms with E-state index >= 15 is 0 Å². The molecule has 0 bridgehead atoms. The van der Waals surface area contributed by atoms with Gasteiger partial charge in [-0.1, -0.05) is 12.5 Å². The molecule has 6 heteroatoms. The van der Waals surface area contributed by atoms with Gasteiger partial charge in [0.2, 0.25) is 0 Å². The van der Waals surface area contributed by atoms with Crippen LogP contribution in [0.25, 0.3) is 0 Å². The van der Waals surface area contributed by atoms with E-state index in [1.54, 1.807) is 18.2 Å². The number of piperidine rings is 1. The van der Waals surface area contributed by atoms with Crippen molar-refractivity contribution in [3.05, 3.63) is 28.3 Å². The minimum absolute atomic E-state index is 0.000749. The summed E-state index contributed by atoms with van der Waals surface area (Å²) in [5.41, 5.74) is 0.512. The lowest BCUT2D eigenvalue weighted by atomic mass is 10.1. The van der Waals surface area contributed by atoms with Gasteiger partial charge in [0, 0.05) is 12.6 Å². The van der Waals surface area contributed by atoms with Crippen molar-refractivity contribution in [2.75, 3.05) is 25.5 Å². The number of hydrogen-bond acceptors (Lipinski definition) is 5. The number of methoxy groups -OCH3 is 1. The van der Waals surface area contributed by atoms with Crippen LogP contribution in [0.3, 0.4) is 0 Å². The Labute approximate surface area is 112 Å². The van der Waals surface area contributed by atoms with E-state index in [1.807, 2.05) is 0 Å². The molecule has 104 valence electrons. The van der Waals surface area contributed by atoms with E-state index < -0.39 is 4.92 Å². The Bertz CT molecular complexity index is 445. The Kier molecular flexibility index (Phi) is 4.57. The van der Waals surface area contributed by atoms with Crippen LogP contribution in [0.5, 0.6) is 5.75 Å². The van der Waals surface area contributed by atoms with Crippen LogP contribution in [0.15, 0.2) is 18.2 Å². The Morgan fingerprint density at radius 3 is 3.00 bits per heavy atom. The van der Waals surface area contributed by atoms with Gasteiger partial charge in [-0.3, -0.25) is 10.1 Å². The summed E-state index contributed by atoms with van der Waals surface area (Å²) in [5.74, 6) is 0.284. The first kappa shape index (κ1) is 13.6. The molecule has 0 spiro atoms. The number of ether oxygens (including phenoxy) is 1. The first-order chi connectivity index (χ1) is 9.22. The Hall–Kier alpha value is -1.82. The molecule has 0 aromatic heterocycles. The van der Waals surface area contributed by atoms with Gasteiger partial charge in [0.05, 0.1) is 12.0 Å². The fourth-order valence-corrected chi connectivity index (χ4v) is 2.35. The number of nitrogens with one attached hydrogen (secondary N) is 2. The smallest absolute Gasteiger partial charge is 0.333 e. The van der Waals surface area contributed by atoms with Crippen LogP contribution in [0.1, 0.15) is 19.3 Å². The quantitative estimate of drug-likeness (QED) is 0.630. The van der Waals surface area contributed by atoms with Crippen molar-refractivity contribution >= 4 is 11.4 Å². The number of nitrogens with zero attached hydrogens (tertiary/aromatic N) is 1. The van der Waals surface area contributed by atoms with Gasteiger partial charge in [-0.2, -0.15) is 0 Å². The van der Waals surface area contributed by atoms with Gasteiger partial charge >= 0.3 is 5.69 Å². The Morgan fingerprint density at radius 2 is 2.37 bits per heavy atom. The molecule has 1 atom stereocenters. The minimum atomic E-state index is -0.407.